The number of hydrogen-bond acceptors (Lipinski definition) is 6. The van der Waals surface area contributed by atoms with E-state index in [1.165, 1.54) is 6.92 Å². The highest BCUT2D eigenvalue weighted by Crippen LogP contribution is 2.18. The summed E-state index contributed by atoms with van der Waals surface area (Å²) in [6, 6.07) is 15.6. The van der Waals surface area contributed by atoms with Gasteiger partial charge in [0.1, 0.15) is 17.6 Å². The molecule has 1 N–H and O–H groups in total. The van der Waals surface area contributed by atoms with Crippen LogP contribution in [-0.2, 0) is 14.3 Å². The maximum absolute atomic E-state index is 12.2. The lowest BCUT2D eigenvalue weighted by Crippen LogP contribution is -2.30. The monoisotopic (exact) mass is 382 g/mol. The Bertz CT molecular complexity index is 843. The van der Waals surface area contributed by atoms with Gasteiger partial charge in [0, 0.05) is 0 Å². The van der Waals surface area contributed by atoms with E-state index < -0.39 is 18.0 Å². The molecule has 7 heteroatoms. The van der Waals surface area contributed by atoms with Gasteiger partial charge in [0.05, 0.1) is 30.9 Å². The number of carbonyl (C=O) groups is 2. The van der Waals surface area contributed by atoms with Gasteiger partial charge in [-0.1, -0.05) is 12.1 Å². The molecular formula is C21H22N2O5. The van der Waals surface area contributed by atoms with Gasteiger partial charge in [-0.3, -0.25) is 9.59 Å². The minimum Gasteiger partial charge on any atom is -0.494 e. The molecule has 0 radical (unpaired) electrons. The Kier molecular flexibility index (Phi) is 7.85. The van der Waals surface area contributed by atoms with Crippen molar-refractivity contribution in [1.82, 2.24) is 0 Å². The normalized spacial score (nSPS) is 11.0. The Morgan fingerprint density at radius 2 is 1.71 bits per heavy atom. The van der Waals surface area contributed by atoms with E-state index in [4.69, 9.17) is 19.5 Å². The van der Waals surface area contributed by atoms with Crippen molar-refractivity contribution in [3.05, 3.63) is 54.1 Å². The lowest BCUT2D eigenvalue weighted by atomic mass is 10.2. The number of rotatable bonds is 9. The summed E-state index contributed by atoms with van der Waals surface area (Å²) >= 11 is 0. The highest BCUT2D eigenvalue weighted by Gasteiger charge is 2.18. The van der Waals surface area contributed by atoms with Crippen molar-refractivity contribution in [3.63, 3.8) is 0 Å². The highest BCUT2D eigenvalue weighted by atomic mass is 16.5. The third-order valence-electron chi connectivity index (χ3n) is 3.69. The van der Waals surface area contributed by atoms with Crippen molar-refractivity contribution < 1.29 is 23.8 Å². The maximum atomic E-state index is 12.2. The quantitative estimate of drug-likeness (QED) is 0.668. The predicted octanol–water partition coefficient (Wildman–Crippen LogP) is 3.30. The van der Waals surface area contributed by atoms with Gasteiger partial charge in [0.25, 0.3) is 5.91 Å². The molecule has 1 unspecified atom stereocenters. The van der Waals surface area contributed by atoms with Gasteiger partial charge in [0.15, 0.2) is 6.10 Å². The van der Waals surface area contributed by atoms with Gasteiger partial charge in [-0.05, 0) is 50.2 Å². The van der Waals surface area contributed by atoms with Gasteiger partial charge < -0.3 is 19.5 Å². The minimum absolute atomic E-state index is 0.000383. The van der Waals surface area contributed by atoms with Crippen LogP contribution in [0.15, 0.2) is 48.5 Å². The summed E-state index contributed by atoms with van der Waals surface area (Å²) in [5.74, 6) is 0.285. The van der Waals surface area contributed by atoms with Crippen LogP contribution in [0.1, 0.15) is 25.8 Å². The molecule has 2 aromatic carbocycles. The minimum atomic E-state index is -0.996. The van der Waals surface area contributed by atoms with E-state index in [-0.39, 0.29) is 13.0 Å². The molecule has 1 atom stereocenters. The molecule has 2 rings (SSSR count). The van der Waals surface area contributed by atoms with Gasteiger partial charge in [-0.15, -0.1) is 0 Å². The van der Waals surface area contributed by atoms with E-state index in [2.05, 4.69) is 5.32 Å². The van der Waals surface area contributed by atoms with Crippen LogP contribution in [0.4, 0.5) is 5.69 Å². The number of nitrogens with zero attached hydrogens (tertiary/aromatic N) is 1. The number of carbonyl (C=O) groups excluding carboxylic acids is 2. The van der Waals surface area contributed by atoms with E-state index in [9.17, 15) is 9.59 Å². The van der Waals surface area contributed by atoms with E-state index in [0.29, 0.717) is 23.6 Å². The van der Waals surface area contributed by atoms with Crippen molar-refractivity contribution >= 4 is 17.6 Å². The average Bonchev–Trinajstić information content (AvgIpc) is 2.70. The fourth-order valence-electron chi connectivity index (χ4n) is 2.28. The van der Waals surface area contributed by atoms with Crippen molar-refractivity contribution in [2.45, 2.75) is 26.4 Å². The molecular weight excluding hydrogens is 360 g/mol. The SMILES string of the molecule is CCOc1ccc(OCCC(=O)OC(C)C(=O)Nc2ccccc2C#N)cc1. The number of anilines is 1. The summed E-state index contributed by atoms with van der Waals surface area (Å²) in [5, 5.41) is 11.6. The van der Waals surface area contributed by atoms with Crippen LogP contribution in [0, 0.1) is 11.3 Å². The van der Waals surface area contributed by atoms with Crippen LogP contribution in [-0.4, -0.2) is 31.2 Å². The van der Waals surface area contributed by atoms with Gasteiger partial charge in [-0.25, -0.2) is 0 Å². The number of hydrogen-bond donors (Lipinski definition) is 1. The number of para-hydroxylation sites is 1. The van der Waals surface area contributed by atoms with Crippen LogP contribution in [0.25, 0.3) is 0 Å². The van der Waals surface area contributed by atoms with Crippen LogP contribution < -0.4 is 14.8 Å². The smallest absolute Gasteiger partial charge is 0.310 e. The van der Waals surface area contributed by atoms with Gasteiger partial charge >= 0.3 is 5.97 Å². The Balaban J connectivity index is 1.75. The lowest BCUT2D eigenvalue weighted by molar-refractivity contribution is -0.153. The molecule has 7 nitrogen and oxygen atoms in total. The Hall–Kier alpha value is -3.53. The molecule has 146 valence electrons. The molecule has 0 aliphatic carbocycles. The number of ether oxygens (including phenoxy) is 3. The zero-order chi connectivity index (χ0) is 20.4. The summed E-state index contributed by atoms with van der Waals surface area (Å²) in [4.78, 5) is 24.1. The molecule has 0 bridgehead atoms. The summed E-state index contributed by atoms with van der Waals surface area (Å²) in [7, 11) is 0. The standard InChI is InChI=1S/C21H22N2O5/c1-3-26-17-8-10-18(11-9-17)27-13-12-20(24)28-15(2)21(25)23-19-7-5-4-6-16(19)14-22/h4-11,15H,3,12-13H2,1-2H3,(H,23,25). The van der Waals surface area contributed by atoms with Crippen LogP contribution in [0.5, 0.6) is 11.5 Å². The molecule has 0 spiro atoms. The van der Waals surface area contributed by atoms with E-state index in [0.717, 1.165) is 5.75 Å². The van der Waals surface area contributed by atoms with Crippen LogP contribution in [0.2, 0.25) is 0 Å². The largest absolute Gasteiger partial charge is 0.494 e. The summed E-state index contributed by atoms with van der Waals surface area (Å²) in [5.41, 5.74) is 0.704. The second kappa shape index (κ2) is 10.6. The Labute approximate surface area is 163 Å². The molecule has 1 amide bonds. The summed E-state index contributed by atoms with van der Waals surface area (Å²) in [6.45, 7) is 4.08. The number of amides is 1. The number of benzene rings is 2. The van der Waals surface area contributed by atoms with Crippen molar-refractivity contribution in [2.75, 3.05) is 18.5 Å². The summed E-state index contributed by atoms with van der Waals surface area (Å²) < 4.78 is 15.9. The third kappa shape index (κ3) is 6.32. The molecule has 0 saturated carbocycles. The van der Waals surface area contributed by atoms with Crippen molar-refractivity contribution in [2.24, 2.45) is 0 Å². The molecule has 2 aromatic rings. The first-order valence-electron chi connectivity index (χ1n) is 8.88. The topological polar surface area (TPSA) is 97.7 Å². The van der Waals surface area contributed by atoms with Crippen molar-refractivity contribution in [3.8, 4) is 17.6 Å². The van der Waals surface area contributed by atoms with Gasteiger partial charge in [0.2, 0.25) is 0 Å². The molecule has 0 aliphatic heterocycles. The Morgan fingerprint density at radius 1 is 1.07 bits per heavy atom. The van der Waals surface area contributed by atoms with Gasteiger partial charge in [-0.2, -0.15) is 5.26 Å². The first kappa shape index (κ1) is 20.8. The molecule has 0 fully saturated rings. The van der Waals surface area contributed by atoms with Crippen LogP contribution in [0.3, 0.4) is 0 Å². The summed E-state index contributed by atoms with van der Waals surface area (Å²) in [6.07, 6.45) is -0.996. The maximum Gasteiger partial charge on any atom is 0.310 e. The second-order valence-electron chi connectivity index (χ2n) is 5.78. The predicted molar refractivity (Wildman–Crippen MR) is 103 cm³/mol. The third-order valence-corrected chi connectivity index (χ3v) is 3.69. The number of nitrogens with one attached hydrogen (secondary N) is 1. The average molecular weight is 382 g/mol. The molecule has 0 aliphatic rings. The first-order valence-corrected chi connectivity index (χ1v) is 8.88. The van der Waals surface area contributed by atoms with E-state index >= 15 is 0 Å². The van der Waals surface area contributed by atoms with Crippen molar-refractivity contribution in [1.29, 1.82) is 5.26 Å². The number of esters is 1. The number of nitriles is 1. The van der Waals surface area contributed by atoms with E-state index in [1.807, 2.05) is 13.0 Å². The molecule has 0 saturated heterocycles. The highest BCUT2D eigenvalue weighted by molar-refractivity contribution is 5.96. The lowest BCUT2D eigenvalue weighted by Gasteiger charge is -2.14. The molecule has 0 aromatic heterocycles. The fourth-order valence-corrected chi connectivity index (χ4v) is 2.28. The zero-order valence-electron chi connectivity index (χ0n) is 15.8. The second-order valence-corrected chi connectivity index (χ2v) is 5.78. The first-order chi connectivity index (χ1) is 13.5. The van der Waals surface area contributed by atoms with E-state index in [1.54, 1.807) is 48.5 Å². The molecule has 28 heavy (non-hydrogen) atoms. The zero-order valence-corrected chi connectivity index (χ0v) is 15.8. The fraction of sp³-hybridized carbons (Fsp3) is 0.286. The van der Waals surface area contributed by atoms with Crippen LogP contribution >= 0.6 is 0 Å². The Morgan fingerprint density at radius 3 is 2.36 bits per heavy atom. The molecule has 0 heterocycles.